The highest BCUT2D eigenvalue weighted by molar-refractivity contribution is 6.01. The van der Waals surface area contributed by atoms with E-state index in [0.717, 1.165) is 0 Å². The van der Waals surface area contributed by atoms with E-state index in [0.29, 0.717) is 74.3 Å². The average molecular weight is 1690 g/mol. The van der Waals surface area contributed by atoms with Gasteiger partial charge in [-0.15, -0.1) is 0 Å². The summed E-state index contributed by atoms with van der Waals surface area (Å²) in [6.45, 7) is 8.57. The molecule has 41 nitrogen and oxygen atoms in total. The summed E-state index contributed by atoms with van der Waals surface area (Å²) in [5.74, 6) is -12.5. The van der Waals surface area contributed by atoms with E-state index in [-0.39, 0.29) is 179 Å². The second kappa shape index (κ2) is 52.6. The Hall–Kier alpha value is -10.4. The van der Waals surface area contributed by atoms with Crippen LogP contribution in [0, 0.1) is 5.92 Å². The first-order chi connectivity index (χ1) is 57.3. The molecule has 0 unspecified atom stereocenters. The Morgan fingerprint density at radius 2 is 0.742 bits per heavy atom. The molecule has 3 fully saturated rings. The van der Waals surface area contributed by atoms with Crippen molar-refractivity contribution in [1.29, 1.82) is 0 Å². The number of carbonyl (C=O) groups excluding carboxylic acids is 14. The number of amides is 14. The monoisotopic (exact) mass is 1690 g/mol. The van der Waals surface area contributed by atoms with E-state index in [1.807, 2.05) is 0 Å². The van der Waals surface area contributed by atoms with Gasteiger partial charge in [0.25, 0.3) is 0 Å². The molecule has 1 aromatic heterocycles. The van der Waals surface area contributed by atoms with Gasteiger partial charge >= 0.3 is 0 Å². The normalized spacial score (nSPS) is 25.5. The van der Waals surface area contributed by atoms with Gasteiger partial charge in [0, 0.05) is 49.7 Å². The van der Waals surface area contributed by atoms with Crippen LogP contribution in [-0.4, -0.2) is 264 Å². The zero-order valence-electron chi connectivity index (χ0n) is 70.3. The maximum atomic E-state index is 15.3. The number of hydrogen-bond acceptors (Lipinski definition) is 22. The Kier molecular flexibility index (Phi) is 44.0. The summed E-state index contributed by atoms with van der Waals surface area (Å²) in [7, 11) is 0. The third-order valence-corrected chi connectivity index (χ3v) is 21.3. The number of aliphatic hydroxyl groups excluding tert-OH is 1. The van der Waals surface area contributed by atoms with Crippen molar-refractivity contribution in [3.63, 3.8) is 0 Å². The average Bonchev–Trinajstić information content (AvgIpc) is 1.64. The minimum absolute atomic E-state index is 0.00125. The van der Waals surface area contributed by atoms with Gasteiger partial charge in [0.2, 0.25) is 82.7 Å². The maximum Gasteiger partial charge on any atom is 0.246 e. The maximum absolute atomic E-state index is 15.3. The molecule has 120 heavy (non-hydrogen) atoms. The zero-order valence-corrected chi connectivity index (χ0v) is 70.3. The van der Waals surface area contributed by atoms with Crippen LogP contribution in [-0.2, 0) is 73.5 Å². The number of fused-ring (bicyclic) bond motifs is 3. The smallest absolute Gasteiger partial charge is 0.246 e. The Bertz CT molecular complexity index is 3760. The lowest BCUT2D eigenvalue weighted by molar-refractivity contribution is -0.148. The second-order valence-corrected chi connectivity index (χ2v) is 31.6. The highest BCUT2D eigenvalue weighted by Crippen LogP contribution is 2.28. The molecule has 672 valence electrons. The molecule has 2 aromatic rings. The number of aromatic amines is 1. The van der Waals surface area contributed by atoms with E-state index < -0.39 is 173 Å². The van der Waals surface area contributed by atoms with Crippen molar-refractivity contribution in [2.75, 3.05) is 58.9 Å². The predicted molar refractivity (Wildman–Crippen MR) is 451 cm³/mol. The summed E-state index contributed by atoms with van der Waals surface area (Å²) in [5.41, 5.74) is 53.6. The molecule has 4 heterocycles. The van der Waals surface area contributed by atoms with Crippen molar-refractivity contribution in [3.05, 3.63) is 36.0 Å². The lowest BCUT2D eigenvalue weighted by Gasteiger charge is -2.34. The summed E-state index contributed by atoms with van der Waals surface area (Å²) in [4.78, 5) is 221. The van der Waals surface area contributed by atoms with Crippen LogP contribution >= 0.6 is 0 Å². The number of nitrogens with zero attached hydrogens (tertiary/aromatic N) is 4. The number of H-pyrrole nitrogens is 1. The molecule has 3 saturated heterocycles. The Balaban J connectivity index is 1.65. The van der Waals surface area contributed by atoms with Crippen LogP contribution in [0.15, 0.2) is 40.4 Å². The van der Waals surface area contributed by atoms with Crippen LogP contribution in [0.3, 0.4) is 0 Å². The van der Waals surface area contributed by atoms with E-state index in [1.54, 1.807) is 44.3 Å². The minimum Gasteiger partial charge on any atom is -0.391 e. The molecule has 1 aromatic carbocycles. The predicted octanol–water partition coefficient (Wildman–Crippen LogP) is -5.26. The molecule has 3 aliphatic heterocycles. The van der Waals surface area contributed by atoms with Crippen LogP contribution in [0.25, 0.3) is 10.9 Å². The molecule has 3 aliphatic rings. The first kappa shape index (κ1) is 100. The third kappa shape index (κ3) is 33.0. The molecule has 41 heteroatoms. The Morgan fingerprint density at radius 1 is 0.400 bits per heavy atom. The van der Waals surface area contributed by atoms with E-state index in [9.17, 15) is 57.8 Å². The van der Waals surface area contributed by atoms with E-state index >= 15 is 14.4 Å². The number of carbonyl (C=O) groups is 14. The second-order valence-electron chi connectivity index (χ2n) is 31.6. The van der Waals surface area contributed by atoms with Gasteiger partial charge in [0.05, 0.1) is 6.10 Å². The van der Waals surface area contributed by atoms with E-state index in [2.05, 4.69) is 78.8 Å². The molecule has 14 amide bonds. The van der Waals surface area contributed by atoms with Gasteiger partial charge in [0.1, 0.15) is 84.6 Å². The zero-order chi connectivity index (χ0) is 88.5. The number of rotatable bonds is 33. The van der Waals surface area contributed by atoms with Crippen molar-refractivity contribution in [2.45, 2.75) is 286 Å². The molecule has 0 aliphatic carbocycles. The van der Waals surface area contributed by atoms with Crippen LogP contribution in [0.5, 0.6) is 0 Å². The molecule has 0 radical (unpaired) electrons. The molecular weight excluding hydrogens is 1550 g/mol. The number of aliphatic imine (C=N–C) groups is 2. The van der Waals surface area contributed by atoms with Gasteiger partial charge in [-0.25, -0.2) is 0 Å². The lowest BCUT2D eigenvalue weighted by atomic mass is 10.0. The number of para-hydroxylation sites is 1. The topological polar surface area (TPSA) is 685 Å². The summed E-state index contributed by atoms with van der Waals surface area (Å²) in [5, 5.41) is 44.4. The first-order valence-electron chi connectivity index (χ1n) is 42.4. The summed E-state index contributed by atoms with van der Waals surface area (Å²) >= 11 is 0. The van der Waals surface area contributed by atoms with Crippen molar-refractivity contribution in [3.8, 4) is 0 Å². The largest absolute Gasteiger partial charge is 0.391 e. The molecule has 0 spiro atoms. The molecule has 0 bridgehead atoms. The molecule has 5 rings (SSSR count). The number of benzene rings is 1. The molecule has 0 saturated carbocycles. The number of nitrogens with two attached hydrogens (primary N) is 9. The Labute approximate surface area is 701 Å². The van der Waals surface area contributed by atoms with Crippen LogP contribution in [0.1, 0.15) is 194 Å². The van der Waals surface area contributed by atoms with Crippen molar-refractivity contribution >= 4 is 106 Å². The van der Waals surface area contributed by atoms with Crippen LogP contribution in [0.2, 0.25) is 0 Å². The molecule has 32 N–H and O–H groups in total. The SMILES string of the molecule is CC(C)C[C@@H]1NC(=O)[C@H](C)NC(=O)[C@H]([C@@H](C)O)NC(=O)[C@@H]2CCCN2C(=O)[C@H]2CCCN2C(=O)[C@H](CCCCN)NC(=O)[C@H](C)NC(=O)[C@H](CCCCN)NC(=O)[C@H](CCCCN)NC(=O)[C@H](Cc2c[nH]c3ccccc23)NC(=O)[C@H](CCCN=C(N)N)NC(=O)[C@H](CCCN=C(N)N)NC(=O)[C@H](CCCCN)NC(=O)[C@H](CCCCN)NC1=O. The number of nitrogens with one attached hydrogen (secondary N) is 13. The van der Waals surface area contributed by atoms with E-state index in [1.165, 1.54) is 30.6 Å². The van der Waals surface area contributed by atoms with Crippen LogP contribution in [0.4, 0.5) is 0 Å². The van der Waals surface area contributed by atoms with Gasteiger partial charge in [-0.2, -0.15) is 0 Å². The number of guanidine groups is 2. The van der Waals surface area contributed by atoms with Crippen LogP contribution < -0.4 is 115 Å². The fraction of sp³-hybridized carbons (Fsp3) is 0.696. The molecule has 15 atom stereocenters. The number of hydrogen-bond donors (Lipinski definition) is 23. The minimum atomic E-state index is -1.70. The lowest BCUT2D eigenvalue weighted by Crippen LogP contribution is -2.61. The first-order valence-corrected chi connectivity index (χ1v) is 42.4. The number of aliphatic hydroxyl groups is 1. The van der Waals surface area contributed by atoms with Gasteiger partial charge in [-0.05, 0) is 225 Å². The summed E-state index contributed by atoms with van der Waals surface area (Å²) in [6.07, 6.45) is 4.02. The third-order valence-electron chi connectivity index (χ3n) is 21.3. The van der Waals surface area contributed by atoms with Gasteiger partial charge in [-0.3, -0.25) is 77.1 Å². The fourth-order valence-electron chi connectivity index (χ4n) is 14.7. The fourth-order valence-corrected chi connectivity index (χ4v) is 14.7. The van der Waals surface area contributed by atoms with Crippen molar-refractivity contribution in [2.24, 2.45) is 67.5 Å². The quantitative estimate of drug-likeness (QED) is 0.0180. The summed E-state index contributed by atoms with van der Waals surface area (Å²) in [6, 6.07) is -12.4. The van der Waals surface area contributed by atoms with Gasteiger partial charge < -0.3 is 135 Å². The number of unbranched alkanes of at least 4 members (excludes halogenated alkanes) is 5. The van der Waals surface area contributed by atoms with Gasteiger partial charge in [0.15, 0.2) is 11.9 Å². The Morgan fingerprint density at radius 3 is 1.15 bits per heavy atom. The summed E-state index contributed by atoms with van der Waals surface area (Å²) < 4.78 is 0. The van der Waals surface area contributed by atoms with Gasteiger partial charge in [-0.1, -0.05) is 32.0 Å². The van der Waals surface area contributed by atoms with E-state index in [4.69, 9.17) is 51.6 Å². The number of aromatic nitrogens is 1. The molecular formula is C79H136N26O15. The standard InChI is InChI=1S/C79H136N26O15/c1-45(2)42-59-72(115)98-54(26-10-15-35-82)69(112)95-53(25-9-14-34-81)67(110)96-56(29-18-38-89-78(85)86)70(113)97-57(30-19-39-90-79(87)88)71(114)102-60(43-49-44-91-51-23-7-6-22-50(49)51)73(116)99-55(27-11-16-36-83)68(111)94-52(24-8-13-33-80)66(109)92-46(3)64(107)100-58(28-12-17-37-84)76(119)105-41-21-32-62(105)77(120)104-40-20-31-61(104)74(117)103-63(48(5)106)75(118)93-47(4)65(108)101-59/h6-7,22-23,44-48,52-63,91,106H,8-21,24-43,80-84H2,1-5H3,(H,92,109)(H,93,118)(H,94,111)(H,95,112)(H,96,110)(H,97,113)(H,98,115)(H,99,116)(H,100,107)(H,101,108)(H,102,114)(H,103,117)(H4,85,86,89)(H4,87,88,90)/t46-,47-,48+,52-,53-,54-,55-,56-,57-,58-,59-,60-,61-,62+,63-/m0/s1. The highest BCUT2D eigenvalue weighted by Gasteiger charge is 2.46. The van der Waals surface area contributed by atoms with Crippen molar-refractivity contribution < 1.29 is 72.2 Å². The van der Waals surface area contributed by atoms with Crippen molar-refractivity contribution in [1.82, 2.24) is 78.6 Å². The highest BCUT2D eigenvalue weighted by atomic mass is 16.3.